The molecule has 0 spiro atoms. The van der Waals surface area contributed by atoms with Crippen molar-refractivity contribution in [1.82, 2.24) is 14.8 Å². The topological polar surface area (TPSA) is 83.0 Å². The Labute approximate surface area is 183 Å². The minimum atomic E-state index is -0.679. The van der Waals surface area contributed by atoms with Crippen molar-refractivity contribution in [2.45, 2.75) is 25.8 Å². The van der Waals surface area contributed by atoms with Gasteiger partial charge >= 0.3 is 0 Å². The second kappa shape index (κ2) is 10.2. The number of aliphatic hydroxyl groups is 1. The minimum Gasteiger partial charge on any atom is -0.507 e. The number of hydrogen-bond acceptors (Lipinski definition) is 6. The van der Waals surface area contributed by atoms with Gasteiger partial charge in [-0.15, -0.1) is 0 Å². The van der Waals surface area contributed by atoms with Gasteiger partial charge in [0.15, 0.2) is 0 Å². The van der Waals surface area contributed by atoms with Crippen LogP contribution in [0.25, 0.3) is 5.76 Å². The van der Waals surface area contributed by atoms with E-state index in [2.05, 4.69) is 11.9 Å². The Bertz CT molecular complexity index is 939. The summed E-state index contributed by atoms with van der Waals surface area (Å²) in [7, 11) is 3.81. The molecule has 1 aliphatic heterocycles. The van der Waals surface area contributed by atoms with Crippen molar-refractivity contribution in [3.05, 3.63) is 65.5 Å². The number of carbonyl (C=O) groups excluding carboxylic acids is 2. The predicted molar refractivity (Wildman–Crippen MR) is 119 cm³/mol. The average Bonchev–Trinajstić information content (AvgIpc) is 3.03. The zero-order valence-corrected chi connectivity index (χ0v) is 18.2. The van der Waals surface area contributed by atoms with Gasteiger partial charge in [-0.05, 0) is 62.5 Å². The molecule has 1 aromatic heterocycles. The van der Waals surface area contributed by atoms with Crippen LogP contribution in [0.15, 0.2) is 54.4 Å². The lowest BCUT2D eigenvalue weighted by Gasteiger charge is -2.26. The largest absolute Gasteiger partial charge is 0.507 e. The van der Waals surface area contributed by atoms with E-state index in [1.54, 1.807) is 48.8 Å². The molecule has 1 aliphatic rings. The molecular formula is C24H29N3O4. The Hall–Kier alpha value is -3.19. The number of benzene rings is 1. The number of ketones is 1. The second-order valence-corrected chi connectivity index (χ2v) is 7.80. The number of nitrogens with zero attached hydrogens (tertiary/aromatic N) is 3. The van der Waals surface area contributed by atoms with Crippen LogP contribution in [-0.4, -0.2) is 65.4 Å². The smallest absolute Gasteiger partial charge is 0.295 e. The van der Waals surface area contributed by atoms with Crippen LogP contribution in [0.1, 0.15) is 36.9 Å². The number of amides is 1. The fourth-order valence-corrected chi connectivity index (χ4v) is 3.51. The van der Waals surface area contributed by atoms with Crippen molar-refractivity contribution in [2.75, 3.05) is 33.8 Å². The van der Waals surface area contributed by atoms with Gasteiger partial charge in [-0.3, -0.25) is 14.6 Å². The van der Waals surface area contributed by atoms with Crippen molar-refractivity contribution < 1.29 is 19.4 Å². The molecule has 0 aliphatic carbocycles. The summed E-state index contributed by atoms with van der Waals surface area (Å²) in [4.78, 5) is 33.3. The van der Waals surface area contributed by atoms with Crippen molar-refractivity contribution >= 4 is 17.4 Å². The van der Waals surface area contributed by atoms with Crippen LogP contribution in [-0.2, 0) is 9.59 Å². The van der Waals surface area contributed by atoms with Crippen molar-refractivity contribution in [2.24, 2.45) is 0 Å². The van der Waals surface area contributed by atoms with Crippen LogP contribution in [0, 0.1) is 0 Å². The lowest BCUT2D eigenvalue weighted by Crippen LogP contribution is -2.35. The number of likely N-dealkylation sites (tertiary alicyclic amines) is 1. The summed E-state index contributed by atoms with van der Waals surface area (Å²) in [5.41, 5.74) is 1.29. The van der Waals surface area contributed by atoms with Gasteiger partial charge in [0.05, 0.1) is 18.2 Å². The standard InChI is InChI=1S/C24H29N3O4/c1-4-5-16-31-19-8-6-18(7-9-19)22(28)20-21(17-10-12-25-13-11-17)27(15-14-26(2)3)24(30)23(20)29/h6-13,21,28H,4-5,14-16H2,1-3H3/b22-20+/t21-/m1/s1. The van der Waals surface area contributed by atoms with Gasteiger partial charge in [0.1, 0.15) is 11.5 Å². The van der Waals surface area contributed by atoms with Crippen LogP contribution >= 0.6 is 0 Å². The Morgan fingerprint density at radius 2 is 1.81 bits per heavy atom. The number of ether oxygens (including phenoxy) is 1. The molecule has 3 rings (SSSR count). The zero-order valence-electron chi connectivity index (χ0n) is 18.2. The highest BCUT2D eigenvalue weighted by molar-refractivity contribution is 6.46. The fraction of sp³-hybridized carbons (Fsp3) is 0.375. The van der Waals surface area contributed by atoms with Crippen molar-refractivity contribution in [3.8, 4) is 5.75 Å². The number of carbonyl (C=O) groups is 2. The highest BCUT2D eigenvalue weighted by Gasteiger charge is 2.45. The molecule has 31 heavy (non-hydrogen) atoms. The zero-order chi connectivity index (χ0) is 22.4. The summed E-state index contributed by atoms with van der Waals surface area (Å²) in [5, 5.41) is 11.1. The molecule has 1 amide bonds. The molecule has 1 fully saturated rings. The van der Waals surface area contributed by atoms with Crippen molar-refractivity contribution in [1.29, 1.82) is 0 Å². The van der Waals surface area contributed by atoms with Crippen LogP contribution in [0.3, 0.4) is 0 Å². The number of unbranched alkanes of at least 4 members (excludes halogenated alkanes) is 1. The molecule has 7 heteroatoms. The highest BCUT2D eigenvalue weighted by Crippen LogP contribution is 2.39. The van der Waals surface area contributed by atoms with Crippen LogP contribution in [0.2, 0.25) is 0 Å². The number of aliphatic hydroxyl groups excluding tert-OH is 1. The van der Waals surface area contributed by atoms with Crippen LogP contribution < -0.4 is 4.74 Å². The third-order valence-electron chi connectivity index (χ3n) is 5.24. The lowest BCUT2D eigenvalue weighted by molar-refractivity contribution is -0.140. The highest BCUT2D eigenvalue weighted by atomic mass is 16.5. The van der Waals surface area contributed by atoms with E-state index >= 15 is 0 Å². The van der Waals surface area contributed by atoms with E-state index in [0.717, 1.165) is 18.4 Å². The van der Waals surface area contributed by atoms with Gasteiger partial charge in [0.25, 0.3) is 11.7 Å². The predicted octanol–water partition coefficient (Wildman–Crippen LogP) is 3.24. The number of Topliss-reactive ketones (excluding diaryl/α,β-unsaturated/α-hetero) is 1. The fourth-order valence-electron chi connectivity index (χ4n) is 3.51. The monoisotopic (exact) mass is 423 g/mol. The van der Waals surface area contributed by atoms with Gasteiger partial charge in [0.2, 0.25) is 0 Å². The summed E-state index contributed by atoms with van der Waals surface area (Å²) in [5.74, 6) is -0.777. The van der Waals surface area contributed by atoms with E-state index in [4.69, 9.17) is 4.74 Å². The summed E-state index contributed by atoms with van der Waals surface area (Å²) < 4.78 is 5.67. The quantitative estimate of drug-likeness (QED) is 0.289. The second-order valence-electron chi connectivity index (χ2n) is 7.80. The normalized spacial score (nSPS) is 18.1. The van der Waals surface area contributed by atoms with Gasteiger partial charge in [-0.1, -0.05) is 13.3 Å². The first-order valence-corrected chi connectivity index (χ1v) is 10.5. The molecule has 0 unspecified atom stereocenters. The third kappa shape index (κ3) is 5.11. The molecular weight excluding hydrogens is 394 g/mol. The van der Waals surface area contributed by atoms with Gasteiger partial charge in [-0.2, -0.15) is 0 Å². The minimum absolute atomic E-state index is 0.0922. The number of likely N-dealkylation sites (N-methyl/N-ethyl adjacent to an activating group) is 1. The number of hydrogen-bond donors (Lipinski definition) is 1. The van der Waals surface area contributed by atoms with Crippen LogP contribution in [0.5, 0.6) is 5.75 Å². The molecule has 1 N–H and O–H groups in total. The molecule has 164 valence electrons. The van der Waals surface area contributed by atoms with E-state index in [1.165, 1.54) is 4.90 Å². The summed E-state index contributed by atoms with van der Waals surface area (Å²) >= 11 is 0. The maximum absolute atomic E-state index is 12.9. The average molecular weight is 424 g/mol. The van der Waals surface area contributed by atoms with E-state index in [-0.39, 0.29) is 11.3 Å². The SMILES string of the molecule is CCCCOc1ccc(/C(O)=C2\C(=O)C(=O)N(CCN(C)C)[C@@H]2c2ccncc2)cc1. The number of pyridine rings is 1. The molecule has 2 aromatic rings. The van der Waals surface area contributed by atoms with E-state index < -0.39 is 17.7 Å². The Kier molecular flexibility index (Phi) is 7.41. The Morgan fingerprint density at radius 1 is 1.13 bits per heavy atom. The summed E-state index contributed by atoms with van der Waals surface area (Å²) in [6.45, 7) is 3.68. The van der Waals surface area contributed by atoms with E-state index in [0.29, 0.717) is 31.0 Å². The maximum atomic E-state index is 12.9. The number of rotatable bonds is 9. The van der Waals surface area contributed by atoms with Crippen molar-refractivity contribution in [3.63, 3.8) is 0 Å². The molecule has 1 aromatic carbocycles. The third-order valence-corrected chi connectivity index (χ3v) is 5.24. The van der Waals surface area contributed by atoms with Gasteiger partial charge in [-0.25, -0.2) is 0 Å². The Morgan fingerprint density at radius 3 is 2.42 bits per heavy atom. The first-order valence-electron chi connectivity index (χ1n) is 10.5. The maximum Gasteiger partial charge on any atom is 0.295 e. The molecule has 0 saturated carbocycles. The molecule has 2 heterocycles. The van der Waals surface area contributed by atoms with Crippen LogP contribution in [0.4, 0.5) is 0 Å². The first kappa shape index (κ1) is 22.5. The summed E-state index contributed by atoms with van der Waals surface area (Å²) in [6.07, 6.45) is 5.24. The first-order chi connectivity index (χ1) is 14.9. The lowest BCUT2D eigenvalue weighted by atomic mass is 9.96. The van der Waals surface area contributed by atoms with Gasteiger partial charge in [0, 0.05) is 31.0 Å². The molecule has 1 atom stereocenters. The summed E-state index contributed by atoms with van der Waals surface area (Å²) in [6, 6.07) is 9.78. The molecule has 0 radical (unpaired) electrons. The van der Waals surface area contributed by atoms with E-state index in [1.807, 2.05) is 19.0 Å². The van der Waals surface area contributed by atoms with E-state index in [9.17, 15) is 14.7 Å². The molecule has 7 nitrogen and oxygen atoms in total. The van der Waals surface area contributed by atoms with Gasteiger partial charge < -0.3 is 19.6 Å². The number of aromatic nitrogens is 1. The molecule has 1 saturated heterocycles. The molecule has 0 bridgehead atoms. The Balaban J connectivity index is 1.98.